The zero-order valence-electron chi connectivity index (χ0n) is 62.6. The van der Waals surface area contributed by atoms with Gasteiger partial charge in [-0.3, -0.25) is 38.4 Å². The molecule has 7 rings (SSSR count). The van der Waals surface area contributed by atoms with Crippen molar-refractivity contribution in [1.29, 1.82) is 0 Å². The molecule has 3 fully saturated rings. The third-order valence-electron chi connectivity index (χ3n) is 18.6. The number of aromatic nitrogens is 6. The van der Waals surface area contributed by atoms with Crippen molar-refractivity contribution in [1.82, 2.24) is 67.1 Å². The van der Waals surface area contributed by atoms with Gasteiger partial charge in [0.15, 0.2) is 37.3 Å². The molecule has 115 heavy (non-hydrogen) atoms. The van der Waals surface area contributed by atoms with Crippen molar-refractivity contribution in [2.45, 2.75) is 232 Å². The fraction of sp³-hybridized carbons (Fsp3) is 0.662. The number of nitrogens with one attached hydrogen (secondary N) is 8. The summed E-state index contributed by atoms with van der Waals surface area (Å²) < 4.78 is 40.4. The van der Waals surface area contributed by atoms with Crippen LogP contribution in [0.5, 0.6) is 0 Å². The van der Waals surface area contributed by atoms with E-state index in [4.69, 9.17) is 79.0 Å². The fourth-order valence-electron chi connectivity index (χ4n) is 11.9. The normalized spacial score (nSPS) is 26.5. The van der Waals surface area contributed by atoms with E-state index in [2.05, 4.69) is 67.1 Å². The molecule has 7 heterocycles. The molecule has 0 aromatic carbocycles. The summed E-state index contributed by atoms with van der Waals surface area (Å²) in [6.45, 7) is 3.61. The van der Waals surface area contributed by atoms with Gasteiger partial charge in [-0.2, -0.15) is 0 Å². The zero-order valence-corrected chi connectivity index (χ0v) is 64.3. The first-order valence-electron chi connectivity index (χ1n) is 36.2. The number of anilines is 1. The average molecular weight is 1670 g/mol. The van der Waals surface area contributed by atoms with Crippen LogP contribution < -0.4 is 83.1 Å². The molecule has 0 bridgehead atoms. The van der Waals surface area contributed by atoms with Crippen LogP contribution in [0.4, 0.5) is 10.6 Å². The number of carbonyl (C=O) groups excluding carboxylic acids is 9. The van der Waals surface area contributed by atoms with E-state index in [0.29, 0.717) is 25.9 Å². The number of unbranched alkanes of at least 4 members (excludes halogenated alkanes) is 1. The van der Waals surface area contributed by atoms with Crippen molar-refractivity contribution in [2.75, 3.05) is 45.1 Å². The van der Waals surface area contributed by atoms with E-state index in [1.54, 1.807) is 0 Å². The Morgan fingerprint density at radius 2 is 1.37 bits per heavy atom. The topological polar surface area (TPSA) is 813 Å². The number of carbonyl (C=O) groups is 9. The van der Waals surface area contributed by atoms with Crippen molar-refractivity contribution < 1.29 is 132 Å². The van der Waals surface area contributed by atoms with Crippen LogP contribution in [0, 0.1) is 6.92 Å². The van der Waals surface area contributed by atoms with E-state index >= 15 is 9.59 Å². The number of rotatable bonds is 43. The molecule has 50 heteroatoms. The molecule has 0 radical (unpaired) electrons. The van der Waals surface area contributed by atoms with Crippen molar-refractivity contribution in [3.8, 4) is 10.7 Å². The monoisotopic (exact) mass is 1670 g/mol. The summed E-state index contributed by atoms with van der Waals surface area (Å²) >= 11 is 1.83. The van der Waals surface area contributed by atoms with Crippen molar-refractivity contribution in [3.63, 3.8) is 0 Å². The first-order chi connectivity index (χ1) is 54.4. The number of imidazole rings is 1. The Kier molecular flexibility index (Phi) is 35.5. The molecule has 26 atom stereocenters. The van der Waals surface area contributed by atoms with Gasteiger partial charge in [0.2, 0.25) is 35.4 Å². The number of H-pyrrole nitrogens is 1. The summed E-state index contributed by atoms with van der Waals surface area (Å²) in [5.41, 5.74) is 45.0. The SMILES string of the molecule is Cc1c(N)nc([C@H](CC(N)=O)NC[C@H](N)C(N)=O)nc1C(=O)N[C@H](C(=O)N[C@H](C)[C@@H](O)CC(=O)N[C@H](C(=O)NC(OC1OC(C)C(N)C(O)C1O)C(O)c1nc(-c2nc(C(=O)NCCCC(N)CC(=O)NCCCCN)cs2)cs1)[C@@H](C)O)[C@@H](OC1OC(CO)C(O)C(O)C1OC1OC(CO)C(O)C(OC(N)=O)C1O)c1cnc[nH]1. The molecule has 4 aromatic heterocycles. The standard InChI is InChI=1S/C65H103N21O27S2/c1-22-39(83-54(85-52(22)71)28(13-35(69)91)77-15-27(68)53(72)101)56(103)84-41(49(29-16-74-21-78-29)110-64-51(45(97)42(94)33(17-87)109-64)111-63-47(99)50(112-65(73)106)43(95)34(18-88)108-63)58(105)79-23(2)32(90)14-37(93)82-40(24(3)89)57(104)86-59(113-62-46(98)44(96)38(70)25(4)107-62)48(100)61-81-31(20-115-61)60-80-30(19-114-60)55(102)76-11-7-8-26(67)12-36(92)75-10-6-5-9-66/h16,19-21,23-28,32-34,38,40-51,59,62-64,77,87-90,94-100H,5-15,17-18,66-68,70H2,1-4H3,(H2,69,91)(H2,72,101)(H2,73,106)(H,74,78)(H,75,92)(H,76,102)(H,79,105)(H,82,93)(H,84,103)(H,86,104)(H2,71,83,85)/t23-,24-,25?,26?,27+,28+,32+,33?,34?,38?,40+,41+,42?,43?,44?,45?,46?,47?,48?,49+,50?,51?,59?,62?,63?,64?/m1/s1. The zero-order chi connectivity index (χ0) is 85.0. The summed E-state index contributed by atoms with van der Waals surface area (Å²) in [5.74, 6) is -8.65. The van der Waals surface area contributed by atoms with Gasteiger partial charge in [0.25, 0.3) is 11.8 Å². The third-order valence-corrected chi connectivity index (χ3v) is 20.4. The largest absolute Gasteiger partial charge is 0.441 e. The van der Waals surface area contributed by atoms with Crippen LogP contribution >= 0.6 is 22.7 Å². The van der Waals surface area contributed by atoms with Gasteiger partial charge in [0.05, 0.1) is 80.3 Å². The van der Waals surface area contributed by atoms with Crippen LogP contribution in [0.15, 0.2) is 23.3 Å². The maximum atomic E-state index is 15.3. The number of nitrogens with zero attached hydrogens (tertiary/aromatic N) is 5. The second kappa shape index (κ2) is 43.6. The Bertz CT molecular complexity index is 3880. The van der Waals surface area contributed by atoms with Gasteiger partial charge in [-0.15, -0.1) is 22.7 Å². The van der Waals surface area contributed by atoms with Crippen LogP contribution in [-0.2, 0) is 61.9 Å². The van der Waals surface area contributed by atoms with E-state index in [9.17, 15) is 89.7 Å². The number of hydrogen-bond acceptors (Lipinski definition) is 40. The Morgan fingerprint density at radius 3 is 2.02 bits per heavy atom. The molecule has 0 saturated carbocycles. The first-order valence-corrected chi connectivity index (χ1v) is 37.9. The summed E-state index contributed by atoms with van der Waals surface area (Å²) in [6, 6.07) is -10.2. The highest BCUT2D eigenvalue weighted by Crippen LogP contribution is 2.36. The summed E-state index contributed by atoms with van der Waals surface area (Å²) in [7, 11) is 0. The molecule has 48 nitrogen and oxygen atoms in total. The van der Waals surface area contributed by atoms with Gasteiger partial charge in [-0.1, -0.05) is 0 Å². The number of ether oxygens (including phenoxy) is 7. The third kappa shape index (κ3) is 25.5. The number of nitrogen functional groups attached to an aromatic ring is 1. The lowest BCUT2D eigenvalue weighted by molar-refractivity contribution is -0.372. The molecule has 9 amide bonds. The molecule has 0 spiro atoms. The second-order valence-corrected chi connectivity index (χ2v) is 29.2. The quantitative estimate of drug-likeness (QED) is 0.0145. The van der Waals surface area contributed by atoms with Gasteiger partial charge in [0, 0.05) is 54.8 Å². The Morgan fingerprint density at radius 1 is 0.696 bits per heavy atom. The predicted octanol–water partition coefficient (Wildman–Crippen LogP) is -11.2. The number of nitrogens with two attached hydrogens (primary N) is 8. The Hall–Kier alpha value is -8.50. The van der Waals surface area contributed by atoms with E-state index in [1.165, 1.54) is 24.6 Å². The van der Waals surface area contributed by atoms with Crippen LogP contribution in [-0.4, -0.2) is 320 Å². The molecule has 4 aromatic rings. The van der Waals surface area contributed by atoms with Crippen molar-refractivity contribution in [2.24, 2.45) is 40.1 Å². The molecular formula is C65H103N21O27S2. The molecule has 3 aliphatic rings. The number of aliphatic hydroxyl groups is 11. The summed E-state index contributed by atoms with van der Waals surface area (Å²) in [5, 5.41) is 143. The molecule has 3 saturated heterocycles. The van der Waals surface area contributed by atoms with Crippen LogP contribution in [0.2, 0.25) is 0 Å². The predicted molar refractivity (Wildman–Crippen MR) is 394 cm³/mol. The molecular weight excluding hydrogens is 1570 g/mol. The number of aromatic amines is 1. The number of hydrogen-bond donors (Lipinski definition) is 27. The number of thiazole rings is 2. The maximum absolute atomic E-state index is 15.3. The van der Waals surface area contributed by atoms with Crippen LogP contribution in [0.25, 0.3) is 10.7 Å². The number of amides is 9. The van der Waals surface area contributed by atoms with Gasteiger partial charge in [-0.25, -0.2) is 29.7 Å². The minimum atomic E-state index is -2.27. The number of primary amides is 3. The van der Waals surface area contributed by atoms with E-state index in [0.717, 1.165) is 61.9 Å². The smallest absolute Gasteiger partial charge is 0.404 e. The second-order valence-electron chi connectivity index (χ2n) is 27.5. The molecule has 642 valence electrons. The fourth-order valence-corrected chi connectivity index (χ4v) is 13.5. The lowest BCUT2D eigenvalue weighted by Crippen LogP contribution is -2.65. The van der Waals surface area contributed by atoms with E-state index in [-0.39, 0.29) is 51.5 Å². The summed E-state index contributed by atoms with van der Waals surface area (Å²) in [4.78, 5) is 145. The summed E-state index contributed by atoms with van der Waals surface area (Å²) in [6.07, 6.45) is -35.6. The minimum Gasteiger partial charge on any atom is -0.441 e. The average Bonchev–Trinajstić information content (AvgIpc) is 1.60. The highest BCUT2D eigenvalue weighted by molar-refractivity contribution is 7.14. The molecule has 0 aliphatic carbocycles. The molecule has 3 aliphatic heterocycles. The minimum absolute atomic E-state index is 0.00832. The van der Waals surface area contributed by atoms with Gasteiger partial charge >= 0.3 is 6.09 Å². The van der Waals surface area contributed by atoms with Crippen LogP contribution in [0.3, 0.4) is 0 Å². The first kappa shape index (κ1) is 93.7. The highest BCUT2D eigenvalue weighted by Gasteiger charge is 2.54. The Balaban J connectivity index is 1.14. The van der Waals surface area contributed by atoms with E-state index < -0.39 is 256 Å². The maximum Gasteiger partial charge on any atom is 0.404 e. The molecule has 18 unspecified atom stereocenters. The highest BCUT2D eigenvalue weighted by atomic mass is 32.1. The Labute approximate surface area is 663 Å². The lowest BCUT2D eigenvalue weighted by Gasteiger charge is -2.47. The van der Waals surface area contributed by atoms with Gasteiger partial charge < -0.3 is 177 Å². The van der Waals surface area contributed by atoms with Gasteiger partial charge in [0.1, 0.15) is 112 Å². The van der Waals surface area contributed by atoms with E-state index in [1.807, 2.05) is 0 Å². The molecule has 35 N–H and O–H groups in total. The number of aliphatic hydroxyl groups excluding tert-OH is 11. The lowest BCUT2D eigenvalue weighted by atomic mass is 9.97. The van der Waals surface area contributed by atoms with Crippen molar-refractivity contribution >= 4 is 81.8 Å². The van der Waals surface area contributed by atoms with Crippen LogP contribution in [0.1, 0.15) is 127 Å². The van der Waals surface area contributed by atoms with Gasteiger partial charge in [-0.05, 0) is 59.9 Å². The van der Waals surface area contributed by atoms with Crippen molar-refractivity contribution in [3.05, 3.63) is 56.8 Å².